The lowest BCUT2D eigenvalue weighted by atomic mass is 9.75. The third-order valence-electron chi connectivity index (χ3n) is 3.68. The molecule has 1 aliphatic carbocycles. The van der Waals surface area contributed by atoms with Crippen LogP contribution in [0.3, 0.4) is 0 Å². The SMILES string of the molecule is NCC(c1cccc(Cl)c1F)C(O)C1CCC1. The molecule has 0 amide bonds. The zero-order valence-electron chi connectivity index (χ0n) is 9.57. The maximum atomic E-state index is 13.9. The molecule has 1 aliphatic rings. The summed E-state index contributed by atoms with van der Waals surface area (Å²) in [4.78, 5) is 0. The van der Waals surface area contributed by atoms with Gasteiger partial charge in [-0.25, -0.2) is 4.39 Å². The second-order valence-electron chi connectivity index (χ2n) is 4.67. The first-order valence-electron chi connectivity index (χ1n) is 5.97. The van der Waals surface area contributed by atoms with Crippen LogP contribution in [-0.4, -0.2) is 17.8 Å². The summed E-state index contributed by atoms with van der Waals surface area (Å²) in [6.45, 7) is 0.231. The summed E-state index contributed by atoms with van der Waals surface area (Å²) in [5.41, 5.74) is 6.10. The van der Waals surface area contributed by atoms with Crippen LogP contribution in [0.25, 0.3) is 0 Å². The largest absolute Gasteiger partial charge is 0.392 e. The monoisotopic (exact) mass is 257 g/mol. The maximum absolute atomic E-state index is 13.9. The van der Waals surface area contributed by atoms with Gasteiger partial charge in [-0.2, -0.15) is 0 Å². The van der Waals surface area contributed by atoms with Crippen LogP contribution in [-0.2, 0) is 0 Å². The summed E-state index contributed by atoms with van der Waals surface area (Å²) < 4.78 is 13.9. The number of aliphatic hydroxyl groups is 1. The third kappa shape index (κ3) is 2.46. The topological polar surface area (TPSA) is 46.2 Å². The van der Waals surface area contributed by atoms with Gasteiger partial charge in [-0.3, -0.25) is 0 Å². The fourth-order valence-electron chi connectivity index (χ4n) is 2.37. The van der Waals surface area contributed by atoms with Gasteiger partial charge in [0.25, 0.3) is 0 Å². The summed E-state index contributed by atoms with van der Waals surface area (Å²) in [5.74, 6) is -0.566. The number of hydrogen-bond donors (Lipinski definition) is 2. The van der Waals surface area contributed by atoms with Crippen molar-refractivity contribution in [2.45, 2.75) is 31.3 Å². The van der Waals surface area contributed by atoms with Gasteiger partial charge >= 0.3 is 0 Å². The van der Waals surface area contributed by atoms with E-state index in [0.717, 1.165) is 19.3 Å². The fraction of sp³-hybridized carbons (Fsp3) is 0.538. The van der Waals surface area contributed by atoms with Crippen LogP contribution in [0.2, 0.25) is 5.02 Å². The van der Waals surface area contributed by atoms with Gasteiger partial charge in [0, 0.05) is 12.5 Å². The zero-order valence-corrected chi connectivity index (χ0v) is 10.3. The molecule has 17 heavy (non-hydrogen) atoms. The second kappa shape index (κ2) is 5.34. The summed E-state index contributed by atoms with van der Waals surface area (Å²) >= 11 is 5.75. The number of nitrogens with two attached hydrogens (primary N) is 1. The molecule has 0 saturated heterocycles. The molecule has 3 N–H and O–H groups in total. The predicted molar refractivity (Wildman–Crippen MR) is 66.6 cm³/mol. The van der Waals surface area contributed by atoms with Crippen LogP contribution < -0.4 is 5.73 Å². The predicted octanol–water partition coefficient (Wildman–Crippen LogP) is 2.68. The van der Waals surface area contributed by atoms with Crippen LogP contribution in [0.15, 0.2) is 18.2 Å². The van der Waals surface area contributed by atoms with E-state index in [-0.39, 0.29) is 23.4 Å². The second-order valence-corrected chi connectivity index (χ2v) is 5.07. The Bertz CT molecular complexity index is 395. The van der Waals surface area contributed by atoms with Gasteiger partial charge < -0.3 is 10.8 Å². The highest BCUT2D eigenvalue weighted by Crippen LogP contribution is 2.37. The normalized spacial score (nSPS) is 19.8. The van der Waals surface area contributed by atoms with Gasteiger partial charge in [-0.15, -0.1) is 0 Å². The third-order valence-corrected chi connectivity index (χ3v) is 3.97. The highest BCUT2D eigenvalue weighted by atomic mass is 35.5. The summed E-state index contributed by atoms with van der Waals surface area (Å²) in [5, 5.41) is 10.3. The molecular weight excluding hydrogens is 241 g/mol. The number of rotatable bonds is 4. The van der Waals surface area contributed by atoms with Crippen molar-refractivity contribution < 1.29 is 9.50 Å². The molecule has 0 aromatic heterocycles. The van der Waals surface area contributed by atoms with Crippen molar-refractivity contribution >= 4 is 11.6 Å². The molecule has 0 heterocycles. The number of benzene rings is 1. The Morgan fingerprint density at radius 2 is 2.18 bits per heavy atom. The average Bonchev–Trinajstić information content (AvgIpc) is 2.23. The molecule has 0 spiro atoms. The van der Waals surface area contributed by atoms with E-state index in [9.17, 15) is 9.50 Å². The first-order chi connectivity index (χ1) is 8.15. The van der Waals surface area contributed by atoms with Crippen LogP contribution in [0.1, 0.15) is 30.7 Å². The van der Waals surface area contributed by atoms with E-state index in [1.807, 2.05) is 0 Å². The van der Waals surface area contributed by atoms with E-state index < -0.39 is 11.9 Å². The van der Waals surface area contributed by atoms with Crippen molar-refractivity contribution in [3.05, 3.63) is 34.6 Å². The lowest BCUT2D eigenvalue weighted by Crippen LogP contribution is -2.36. The van der Waals surface area contributed by atoms with Gasteiger partial charge in [-0.1, -0.05) is 30.2 Å². The van der Waals surface area contributed by atoms with E-state index in [0.29, 0.717) is 5.56 Å². The molecule has 1 saturated carbocycles. The van der Waals surface area contributed by atoms with E-state index in [1.54, 1.807) is 12.1 Å². The quantitative estimate of drug-likeness (QED) is 0.871. The molecule has 94 valence electrons. The average molecular weight is 258 g/mol. The maximum Gasteiger partial charge on any atom is 0.145 e. The Hall–Kier alpha value is -0.640. The molecule has 0 bridgehead atoms. The summed E-state index contributed by atoms with van der Waals surface area (Å²) in [7, 11) is 0. The number of halogens is 2. The molecule has 2 unspecified atom stereocenters. The molecule has 2 atom stereocenters. The number of hydrogen-bond acceptors (Lipinski definition) is 2. The van der Waals surface area contributed by atoms with Crippen LogP contribution in [0.5, 0.6) is 0 Å². The molecule has 2 rings (SSSR count). The number of aliphatic hydroxyl groups excluding tert-OH is 1. The molecule has 1 aromatic carbocycles. The first-order valence-corrected chi connectivity index (χ1v) is 6.35. The molecule has 0 aliphatic heterocycles. The molecular formula is C13H17ClFNO. The Morgan fingerprint density at radius 3 is 2.71 bits per heavy atom. The van der Waals surface area contributed by atoms with Crippen molar-refractivity contribution in [2.24, 2.45) is 11.7 Å². The van der Waals surface area contributed by atoms with Crippen molar-refractivity contribution in [3.63, 3.8) is 0 Å². The van der Waals surface area contributed by atoms with Crippen LogP contribution in [0.4, 0.5) is 4.39 Å². The Labute approximate surface area is 106 Å². The molecule has 2 nitrogen and oxygen atoms in total. The lowest BCUT2D eigenvalue weighted by molar-refractivity contribution is 0.0411. The van der Waals surface area contributed by atoms with E-state index in [1.165, 1.54) is 6.07 Å². The Balaban J connectivity index is 2.24. The van der Waals surface area contributed by atoms with E-state index >= 15 is 0 Å². The zero-order chi connectivity index (χ0) is 12.4. The molecule has 4 heteroatoms. The lowest BCUT2D eigenvalue weighted by Gasteiger charge is -2.35. The molecule has 1 aromatic rings. The fourth-order valence-corrected chi connectivity index (χ4v) is 2.55. The van der Waals surface area contributed by atoms with Crippen LogP contribution in [0, 0.1) is 11.7 Å². The van der Waals surface area contributed by atoms with E-state index in [4.69, 9.17) is 17.3 Å². The summed E-state index contributed by atoms with van der Waals surface area (Å²) in [6, 6.07) is 4.85. The highest BCUT2D eigenvalue weighted by molar-refractivity contribution is 6.30. The standard InChI is InChI=1S/C13H17ClFNO/c14-11-6-2-5-9(12(11)15)10(7-16)13(17)8-3-1-4-8/h2,5-6,8,10,13,17H,1,3-4,7,16H2. The van der Waals surface area contributed by atoms with E-state index in [2.05, 4.69) is 0 Å². The molecule has 0 radical (unpaired) electrons. The first kappa shape index (κ1) is 12.8. The van der Waals surface area contributed by atoms with Crippen molar-refractivity contribution in [3.8, 4) is 0 Å². The van der Waals surface area contributed by atoms with Gasteiger partial charge in [0.1, 0.15) is 5.82 Å². The Kier molecular flexibility index (Phi) is 4.02. The Morgan fingerprint density at radius 1 is 1.47 bits per heavy atom. The van der Waals surface area contributed by atoms with Crippen molar-refractivity contribution in [1.82, 2.24) is 0 Å². The minimum Gasteiger partial charge on any atom is -0.392 e. The highest BCUT2D eigenvalue weighted by Gasteiger charge is 2.33. The van der Waals surface area contributed by atoms with Crippen molar-refractivity contribution in [2.75, 3.05) is 6.54 Å². The summed E-state index contributed by atoms with van der Waals surface area (Å²) in [6.07, 6.45) is 2.57. The minimum atomic E-state index is -0.568. The van der Waals surface area contributed by atoms with Crippen LogP contribution >= 0.6 is 11.6 Å². The van der Waals surface area contributed by atoms with Gasteiger partial charge in [0.05, 0.1) is 11.1 Å². The molecule has 1 fully saturated rings. The van der Waals surface area contributed by atoms with Gasteiger partial charge in [-0.05, 0) is 30.4 Å². The van der Waals surface area contributed by atoms with Gasteiger partial charge in [0.2, 0.25) is 0 Å². The van der Waals surface area contributed by atoms with Gasteiger partial charge in [0.15, 0.2) is 0 Å². The minimum absolute atomic E-state index is 0.0850. The van der Waals surface area contributed by atoms with Crippen molar-refractivity contribution in [1.29, 1.82) is 0 Å². The smallest absolute Gasteiger partial charge is 0.145 e.